The number of anilines is 1. The summed E-state index contributed by atoms with van der Waals surface area (Å²) in [6.07, 6.45) is 6.77. The van der Waals surface area contributed by atoms with Crippen molar-refractivity contribution in [2.24, 2.45) is 0 Å². The van der Waals surface area contributed by atoms with Crippen LogP contribution in [0.5, 0.6) is 0 Å². The van der Waals surface area contributed by atoms with Gasteiger partial charge in [-0.15, -0.1) is 0 Å². The highest BCUT2D eigenvalue weighted by Gasteiger charge is 2.20. The summed E-state index contributed by atoms with van der Waals surface area (Å²) in [5.74, 6) is 2.54. The lowest BCUT2D eigenvalue weighted by Gasteiger charge is -2.24. The van der Waals surface area contributed by atoms with Gasteiger partial charge < -0.3 is 14.6 Å². The number of hydrogen-bond acceptors (Lipinski definition) is 4. The molecule has 0 aliphatic carbocycles. The van der Waals surface area contributed by atoms with Crippen LogP contribution in [0, 0.1) is 0 Å². The van der Waals surface area contributed by atoms with Crippen molar-refractivity contribution in [1.82, 2.24) is 9.55 Å². The van der Waals surface area contributed by atoms with Crippen LogP contribution in [0.25, 0.3) is 0 Å². The Labute approximate surface area is 110 Å². The van der Waals surface area contributed by atoms with Crippen LogP contribution < -0.4 is 5.32 Å². The zero-order valence-electron chi connectivity index (χ0n) is 10.8. The average Bonchev–Trinajstić information content (AvgIpc) is 2.84. The standard InChI is InChI=1S/C12H21N3O2S/c1-17-8-2-5-13-12-14-6-7-15(12)11-3-9-18(16)10-4-11/h6-7,11H,2-5,8-10H2,1H3,(H,13,14). The summed E-state index contributed by atoms with van der Waals surface area (Å²) in [5.41, 5.74) is 0. The minimum absolute atomic E-state index is 0.440. The minimum atomic E-state index is -0.608. The van der Waals surface area contributed by atoms with Gasteiger partial charge in [0.05, 0.1) is 0 Å². The van der Waals surface area contributed by atoms with Crippen LogP contribution in [0.2, 0.25) is 0 Å². The third-order valence-corrected chi connectivity index (χ3v) is 4.61. The van der Waals surface area contributed by atoms with Crippen molar-refractivity contribution >= 4 is 16.7 Å². The Kier molecular flexibility index (Phi) is 5.19. The fourth-order valence-electron chi connectivity index (χ4n) is 2.22. The van der Waals surface area contributed by atoms with E-state index < -0.39 is 10.8 Å². The van der Waals surface area contributed by atoms with Gasteiger partial charge in [0, 0.05) is 61.0 Å². The van der Waals surface area contributed by atoms with Crippen molar-refractivity contribution in [3.63, 3.8) is 0 Å². The topological polar surface area (TPSA) is 56.1 Å². The van der Waals surface area contributed by atoms with Gasteiger partial charge in [0.25, 0.3) is 0 Å². The molecule has 2 heterocycles. The molecule has 102 valence electrons. The van der Waals surface area contributed by atoms with Gasteiger partial charge in [-0.2, -0.15) is 0 Å². The zero-order chi connectivity index (χ0) is 12.8. The molecule has 0 atom stereocenters. The van der Waals surface area contributed by atoms with Gasteiger partial charge in [-0.25, -0.2) is 4.98 Å². The molecule has 1 N–H and O–H groups in total. The maximum absolute atomic E-state index is 11.4. The van der Waals surface area contributed by atoms with Crippen molar-refractivity contribution in [3.8, 4) is 0 Å². The summed E-state index contributed by atoms with van der Waals surface area (Å²) in [6.45, 7) is 1.62. The van der Waals surface area contributed by atoms with E-state index in [9.17, 15) is 4.21 Å². The molecule has 0 amide bonds. The number of hydrogen-bond donors (Lipinski definition) is 1. The molecule has 0 bridgehead atoms. The molecule has 1 aromatic rings. The van der Waals surface area contributed by atoms with E-state index in [2.05, 4.69) is 14.9 Å². The van der Waals surface area contributed by atoms with Gasteiger partial charge in [0.2, 0.25) is 5.95 Å². The first-order chi connectivity index (χ1) is 8.81. The van der Waals surface area contributed by atoms with E-state index in [1.807, 2.05) is 12.4 Å². The van der Waals surface area contributed by atoms with E-state index in [0.29, 0.717) is 6.04 Å². The number of nitrogens with one attached hydrogen (secondary N) is 1. The Hall–Kier alpha value is -0.880. The number of ether oxygens (including phenoxy) is 1. The maximum Gasteiger partial charge on any atom is 0.203 e. The maximum atomic E-state index is 11.4. The molecule has 1 saturated heterocycles. The lowest BCUT2D eigenvalue weighted by molar-refractivity contribution is 0.197. The molecule has 0 spiro atoms. The van der Waals surface area contributed by atoms with Gasteiger partial charge in [0.15, 0.2) is 0 Å². The molecule has 2 rings (SSSR count). The minimum Gasteiger partial charge on any atom is -0.385 e. The zero-order valence-corrected chi connectivity index (χ0v) is 11.6. The van der Waals surface area contributed by atoms with Crippen LogP contribution >= 0.6 is 0 Å². The predicted molar refractivity (Wildman–Crippen MR) is 73.4 cm³/mol. The third kappa shape index (κ3) is 3.55. The molecule has 0 aromatic carbocycles. The second kappa shape index (κ2) is 6.89. The smallest absolute Gasteiger partial charge is 0.203 e. The number of methoxy groups -OCH3 is 1. The highest BCUT2D eigenvalue weighted by molar-refractivity contribution is 7.85. The summed E-state index contributed by atoms with van der Waals surface area (Å²) in [5, 5.41) is 3.33. The fraction of sp³-hybridized carbons (Fsp3) is 0.750. The fourth-order valence-corrected chi connectivity index (χ4v) is 3.49. The van der Waals surface area contributed by atoms with Crippen LogP contribution in [-0.2, 0) is 15.5 Å². The quantitative estimate of drug-likeness (QED) is 0.795. The Bertz CT molecular complexity index is 384. The van der Waals surface area contributed by atoms with Crippen molar-refractivity contribution in [2.75, 3.05) is 37.1 Å². The van der Waals surface area contributed by atoms with Crippen LogP contribution in [0.15, 0.2) is 12.4 Å². The van der Waals surface area contributed by atoms with Crippen molar-refractivity contribution in [1.29, 1.82) is 0 Å². The molecule has 1 aromatic heterocycles. The molecule has 18 heavy (non-hydrogen) atoms. The molecule has 6 heteroatoms. The summed E-state index contributed by atoms with van der Waals surface area (Å²) < 4.78 is 18.6. The summed E-state index contributed by atoms with van der Waals surface area (Å²) >= 11 is 0. The summed E-state index contributed by atoms with van der Waals surface area (Å²) in [4.78, 5) is 4.34. The van der Waals surface area contributed by atoms with Crippen LogP contribution in [0.1, 0.15) is 25.3 Å². The van der Waals surface area contributed by atoms with Gasteiger partial charge in [0.1, 0.15) is 0 Å². The molecule has 0 radical (unpaired) electrons. The number of imidazole rings is 1. The Morgan fingerprint density at radius 3 is 3.06 bits per heavy atom. The Morgan fingerprint density at radius 2 is 2.33 bits per heavy atom. The van der Waals surface area contributed by atoms with Gasteiger partial charge in [-0.1, -0.05) is 0 Å². The molecule has 0 saturated carbocycles. The van der Waals surface area contributed by atoms with Gasteiger partial charge >= 0.3 is 0 Å². The third-order valence-electron chi connectivity index (χ3n) is 3.23. The van der Waals surface area contributed by atoms with E-state index in [-0.39, 0.29) is 0 Å². The van der Waals surface area contributed by atoms with Crippen molar-refractivity contribution < 1.29 is 8.95 Å². The molecule has 1 aliphatic heterocycles. The summed E-state index contributed by atoms with van der Waals surface area (Å²) in [7, 11) is 1.10. The molecular weight excluding hydrogens is 250 g/mol. The van der Waals surface area contributed by atoms with E-state index in [0.717, 1.165) is 49.9 Å². The van der Waals surface area contributed by atoms with Crippen molar-refractivity contribution in [3.05, 3.63) is 12.4 Å². The predicted octanol–water partition coefficient (Wildman–Crippen LogP) is 1.42. The van der Waals surface area contributed by atoms with Crippen molar-refractivity contribution in [2.45, 2.75) is 25.3 Å². The SMILES string of the molecule is COCCCNc1nccn1C1CCS(=O)CC1. The van der Waals surface area contributed by atoms with E-state index in [1.165, 1.54) is 0 Å². The lowest BCUT2D eigenvalue weighted by atomic mass is 10.1. The Balaban J connectivity index is 1.88. The normalized spacial score (nSPS) is 24.1. The van der Waals surface area contributed by atoms with Gasteiger partial charge in [-0.05, 0) is 19.3 Å². The first kappa shape index (κ1) is 13.5. The largest absolute Gasteiger partial charge is 0.385 e. The summed E-state index contributed by atoms with van der Waals surface area (Å²) in [6, 6.07) is 0.440. The Morgan fingerprint density at radius 1 is 1.56 bits per heavy atom. The number of nitrogens with zero attached hydrogens (tertiary/aromatic N) is 2. The highest BCUT2D eigenvalue weighted by atomic mass is 32.2. The van der Waals surface area contributed by atoms with Gasteiger partial charge in [-0.3, -0.25) is 4.21 Å². The molecule has 1 aliphatic rings. The molecule has 0 unspecified atom stereocenters. The second-order valence-electron chi connectivity index (χ2n) is 4.51. The van der Waals surface area contributed by atoms with E-state index in [1.54, 1.807) is 7.11 Å². The van der Waals surface area contributed by atoms with Crippen LogP contribution in [-0.4, -0.2) is 45.5 Å². The van der Waals surface area contributed by atoms with Crippen LogP contribution in [0.4, 0.5) is 5.95 Å². The van der Waals surface area contributed by atoms with Crippen LogP contribution in [0.3, 0.4) is 0 Å². The number of rotatable bonds is 6. The highest BCUT2D eigenvalue weighted by Crippen LogP contribution is 2.25. The molecule has 1 fully saturated rings. The van der Waals surface area contributed by atoms with E-state index >= 15 is 0 Å². The number of aromatic nitrogens is 2. The first-order valence-electron chi connectivity index (χ1n) is 6.42. The molecular formula is C12H21N3O2S. The average molecular weight is 271 g/mol. The lowest BCUT2D eigenvalue weighted by Crippen LogP contribution is -2.23. The first-order valence-corrected chi connectivity index (χ1v) is 7.90. The monoisotopic (exact) mass is 271 g/mol. The van der Waals surface area contributed by atoms with E-state index in [4.69, 9.17) is 4.74 Å². The second-order valence-corrected chi connectivity index (χ2v) is 6.21. The molecule has 5 nitrogen and oxygen atoms in total.